The predicted molar refractivity (Wildman–Crippen MR) is 229 cm³/mol. The van der Waals surface area contributed by atoms with E-state index < -0.39 is 0 Å². The lowest BCUT2D eigenvalue weighted by Gasteiger charge is -2.11. The number of aromatic nitrogens is 2. The fraction of sp³-hybridized carbons (Fsp3) is 0. The highest BCUT2D eigenvalue weighted by molar-refractivity contribution is 6.35. The normalized spacial score (nSPS) is 14.2. The SMILES string of the molecule is C#Cc1ccc(C2=C3C=CC(=N3)C(c3ccc(C#C)cc3)=c3ccc([nH]3)=C(c3ccc(C#C)cc3)c3c[nH]c(c3)C(c3ccc(C#C)cc3)=C3C=CC2=N3)cc1. The number of benzene rings is 4. The quantitative estimate of drug-likeness (QED) is 0.175. The molecule has 3 aliphatic rings. The van der Waals surface area contributed by atoms with Gasteiger partial charge >= 0.3 is 0 Å². The van der Waals surface area contributed by atoms with Gasteiger partial charge in [0.25, 0.3) is 0 Å². The lowest BCUT2D eigenvalue weighted by Crippen LogP contribution is -2.19. The highest BCUT2D eigenvalue weighted by Crippen LogP contribution is 2.36. The van der Waals surface area contributed by atoms with Gasteiger partial charge in [0.1, 0.15) is 0 Å². The zero-order valence-electron chi connectivity index (χ0n) is 30.1. The summed E-state index contributed by atoms with van der Waals surface area (Å²) >= 11 is 0. The number of allylic oxidation sites excluding steroid dienone is 5. The van der Waals surface area contributed by atoms with Crippen molar-refractivity contribution >= 4 is 33.7 Å². The summed E-state index contributed by atoms with van der Waals surface area (Å²) in [6.45, 7) is 0. The summed E-state index contributed by atoms with van der Waals surface area (Å²) in [6.07, 6.45) is 33.3. The molecule has 0 saturated carbocycles. The predicted octanol–water partition coefficient (Wildman–Crippen LogP) is 7.92. The van der Waals surface area contributed by atoms with E-state index >= 15 is 0 Å². The number of aromatic amines is 2. The topological polar surface area (TPSA) is 56.3 Å². The number of hydrogen-bond donors (Lipinski definition) is 2. The second kappa shape index (κ2) is 13.9. The molecule has 2 N–H and O–H groups in total. The largest absolute Gasteiger partial charge is 0.360 e. The molecule has 6 aromatic rings. The first-order valence-corrected chi connectivity index (χ1v) is 18.0. The van der Waals surface area contributed by atoms with Crippen LogP contribution in [0.3, 0.4) is 0 Å². The Hall–Kier alpha value is -8.28. The van der Waals surface area contributed by atoms with Gasteiger partial charge in [-0.2, -0.15) is 0 Å². The second-order valence-corrected chi connectivity index (χ2v) is 13.4. The van der Waals surface area contributed by atoms with E-state index in [0.717, 1.165) is 112 Å². The Labute approximate surface area is 325 Å². The van der Waals surface area contributed by atoms with Gasteiger partial charge in [-0.25, -0.2) is 9.98 Å². The van der Waals surface area contributed by atoms with Crippen LogP contribution < -0.4 is 10.7 Å². The molecule has 0 amide bonds. The average Bonchev–Trinajstić information content (AvgIpc) is 4.10. The van der Waals surface area contributed by atoms with Crippen LogP contribution in [0.4, 0.5) is 0 Å². The first-order valence-electron chi connectivity index (χ1n) is 18.0. The van der Waals surface area contributed by atoms with Crippen LogP contribution in [0, 0.1) is 49.4 Å². The van der Waals surface area contributed by atoms with Crippen molar-refractivity contribution in [3.05, 3.63) is 224 Å². The summed E-state index contributed by atoms with van der Waals surface area (Å²) in [7, 11) is 0. The van der Waals surface area contributed by atoms with Gasteiger partial charge in [-0.3, -0.25) is 0 Å². The van der Waals surface area contributed by atoms with E-state index in [1.165, 1.54) is 0 Å². The fourth-order valence-electron chi connectivity index (χ4n) is 7.37. The van der Waals surface area contributed by atoms with Crippen LogP contribution in [0.25, 0.3) is 22.3 Å². The van der Waals surface area contributed by atoms with E-state index in [-0.39, 0.29) is 0 Å². The van der Waals surface area contributed by atoms with Gasteiger partial charge in [-0.1, -0.05) is 72.2 Å². The number of fused-ring (bicyclic) bond motifs is 6. The Bertz CT molecular complexity index is 3100. The fourth-order valence-corrected chi connectivity index (χ4v) is 7.37. The smallest absolute Gasteiger partial charge is 0.0738 e. The maximum atomic E-state index is 5.76. The number of rotatable bonds is 4. The number of terminal acetylenes is 4. The molecule has 4 nitrogen and oxygen atoms in total. The maximum absolute atomic E-state index is 5.76. The van der Waals surface area contributed by atoms with Crippen LogP contribution >= 0.6 is 0 Å². The summed E-state index contributed by atoms with van der Waals surface area (Å²) in [6, 6.07) is 38.4. The Morgan fingerprint density at radius 2 is 0.786 bits per heavy atom. The van der Waals surface area contributed by atoms with Gasteiger partial charge in [0.15, 0.2) is 0 Å². The van der Waals surface area contributed by atoms with Crippen molar-refractivity contribution in [2.45, 2.75) is 0 Å². The first-order chi connectivity index (χ1) is 27.5. The molecular formula is C52H30N4. The Morgan fingerprint density at radius 3 is 1.27 bits per heavy atom. The maximum Gasteiger partial charge on any atom is 0.0738 e. The van der Waals surface area contributed by atoms with Gasteiger partial charge < -0.3 is 9.97 Å². The first kappa shape index (κ1) is 33.5. The molecule has 5 heterocycles. The van der Waals surface area contributed by atoms with Crippen molar-refractivity contribution in [1.82, 2.24) is 9.97 Å². The summed E-state index contributed by atoms with van der Waals surface area (Å²) in [5, 5.41) is 1.82. The minimum Gasteiger partial charge on any atom is -0.360 e. The molecule has 8 bridgehead atoms. The molecule has 258 valence electrons. The van der Waals surface area contributed by atoms with Gasteiger partial charge in [0.05, 0.1) is 22.8 Å². The number of hydrogen-bond acceptors (Lipinski definition) is 2. The highest BCUT2D eigenvalue weighted by atomic mass is 14.8. The summed E-state index contributed by atoms with van der Waals surface area (Å²) < 4.78 is 0. The van der Waals surface area contributed by atoms with Crippen LogP contribution in [0.5, 0.6) is 0 Å². The molecule has 9 rings (SSSR count). The zero-order valence-corrected chi connectivity index (χ0v) is 30.1. The van der Waals surface area contributed by atoms with E-state index in [1.807, 2.05) is 91.1 Å². The zero-order chi connectivity index (χ0) is 38.2. The van der Waals surface area contributed by atoms with Crippen LogP contribution in [0.15, 0.2) is 167 Å². The van der Waals surface area contributed by atoms with Crippen molar-refractivity contribution in [1.29, 1.82) is 0 Å². The Kier molecular flexibility index (Phi) is 8.35. The minimum absolute atomic E-state index is 0.776. The Balaban J connectivity index is 1.39. The van der Waals surface area contributed by atoms with Gasteiger partial charge in [-0.15, -0.1) is 25.7 Å². The van der Waals surface area contributed by atoms with Crippen LogP contribution in [-0.2, 0) is 0 Å². The molecule has 0 unspecified atom stereocenters. The average molecular weight is 711 g/mol. The highest BCUT2D eigenvalue weighted by Gasteiger charge is 2.24. The summed E-state index contributed by atoms with van der Waals surface area (Å²) in [5.74, 6) is 11.0. The molecule has 3 aliphatic heterocycles. The number of H-pyrrole nitrogens is 2. The van der Waals surface area contributed by atoms with Crippen molar-refractivity contribution in [3.63, 3.8) is 0 Å². The van der Waals surface area contributed by atoms with Gasteiger partial charge in [0.2, 0.25) is 0 Å². The molecule has 2 aromatic heterocycles. The lowest BCUT2D eigenvalue weighted by atomic mass is 9.96. The lowest BCUT2D eigenvalue weighted by molar-refractivity contribution is 1.24. The monoisotopic (exact) mass is 710 g/mol. The van der Waals surface area contributed by atoms with E-state index in [1.54, 1.807) is 0 Å². The third kappa shape index (κ3) is 5.97. The molecule has 0 atom stereocenters. The van der Waals surface area contributed by atoms with Crippen LogP contribution in [0.1, 0.15) is 55.8 Å². The van der Waals surface area contributed by atoms with Crippen molar-refractivity contribution in [2.24, 2.45) is 9.98 Å². The van der Waals surface area contributed by atoms with E-state index in [0.29, 0.717) is 0 Å². The van der Waals surface area contributed by atoms with Crippen LogP contribution in [-0.4, -0.2) is 21.4 Å². The van der Waals surface area contributed by atoms with Crippen LogP contribution in [0.2, 0.25) is 0 Å². The van der Waals surface area contributed by atoms with E-state index in [2.05, 4.69) is 88.3 Å². The molecule has 4 aromatic carbocycles. The molecule has 0 spiro atoms. The van der Waals surface area contributed by atoms with Crippen molar-refractivity contribution in [2.75, 3.05) is 0 Å². The van der Waals surface area contributed by atoms with Crippen molar-refractivity contribution < 1.29 is 0 Å². The molecule has 0 fully saturated rings. The summed E-state index contributed by atoms with van der Waals surface area (Å²) in [4.78, 5) is 18.1. The van der Waals surface area contributed by atoms with E-state index in [9.17, 15) is 0 Å². The molecular weight excluding hydrogens is 681 g/mol. The Morgan fingerprint density at radius 1 is 0.393 bits per heavy atom. The number of nitrogens with zero attached hydrogens (tertiary/aromatic N) is 2. The molecule has 0 aliphatic carbocycles. The number of nitrogens with one attached hydrogen (secondary N) is 2. The summed E-state index contributed by atoms with van der Waals surface area (Å²) in [5.41, 5.74) is 15.8. The molecule has 56 heavy (non-hydrogen) atoms. The molecule has 0 saturated heterocycles. The minimum atomic E-state index is 0.776. The van der Waals surface area contributed by atoms with Gasteiger partial charge in [0, 0.05) is 72.7 Å². The van der Waals surface area contributed by atoms with Gasteiger partial charge in [-0.05, 0) is 113 Å². The van der Waals surface area contributed by atoms with Crippen molar-refractivity contribution in [3.8, 4) is 49.4 Å². The third-order valence-corrected chi connectivity index (χ3v) is 10.1. The molecule has 0 radical (unpaired) electrons. The van der Waals surface area contributed by atoms with E-state index in [4.69, 9.17) is 35.7 Å². The molecule has 4 heteroatoms. The second-order valence-electron chi connectivity index (χ2n) is 13.4. The third-order valence-electron chi connectivity index (χ3n) is 10.1. The standard InChI is InChI=1S/C52H30N4/c1-5-33-9-17-37(18-10-33)49-41-31-48(53-32-41)52(40-23-15-36(8-4)16-24-40)47-30-29-46(56-47)51(39-21-13-35(7-3)14-22-39)45-28-27-44(55-45)50(43-26-25-42(49)54-43)38-19-11-34(6-2)12-20-38/h1-4,9-32,53-54H. The number of aliphatic imine (C=N–C) groups is 2.